The summed E-state index contributed by atoms with van der Waals surface area (Å²) in [6.07, 6.45) is 0. The molecule has 1 aliphatic rings. The Labute approximate surface area is 119 Å². The maximum Gasteiger partial charge on any atom is 0.252 e. The SMILES string of the molecule is N#CCN1CCN(S(=O)(=O)c2ccc(Br)s2)CC1. The lowest BCUT2D eigenvalue weighted by Gasteiger charge is -2.32. The lowest BCUT2D eigenvalue weighted by atomic mass is 10.4. The van der Waals surface area contributed by atoms with Crippen LogP contribution in [0.2, 0.25) is 0 Å². The maximum atomic E-state index is 12.3. The number of nitriles is 1. The Kier molecular flexibility index (Phi) is 4.40. The molecule has 2 rings (SSSR count). The van der Waals surface area contributed by atoms with Gasteiger partial charge in [0.15, 0.2) is 0 Å². The van der Waals surface area contributed by atoms with Crippen LogP contribution in [0.3, 0.4) is 0 Å². The monoisotopic (exact) mass is 349 g/mol. The molecule has 0 aromatic carbocycles. The van der Waals surface area contributed by atoms with Crippen LogP contribution in [0.15, 0.2) is 20.1 Å². The molecular weight excluding hydrogens is 338 g/mol. The van der Waals surface area contributed by atoms with Gasteiger partial charge in [-0.1, -0.05) is 0 Å². The molecule has 5 nitrogen and oxygen atoms in total. The van der Waals surface area contributed by atoms with Crippen molar-refractivity contribution in [3.8, 4) is 6.07 Å². The summed E-state index contributed by atoms with van der Waals surface area (Å²) in [5, 5.41) is 8.60. The molecule has 1 aromatic rings. The van der Waals surface area contributed by atoms with Crippen molar-refractivity contribution in [3.63, 3.8) is 0 Å². The Bertz CT molecular complexity index is 556. The van der Waals surface area contributed by atoms with Gasteiger partial charge >= 0.3 is 0 Å². The Balaban J connectivity index is 2.07. The molecule has 2 heterocycles. The third-order valence-corrected chi connectivity index (χ3v) is 6.76. The molecular formula is C10H12BrN3O2S2. The first kappa shape index (κ1) is 14.0. The number of piperazine rings is 1. The lowest BCUT2D eigenvalue weighted by Crippen LogP contribution is -2.48. The van der Waals surface area contributed by atoms with Crippen LogP contribution in [0.5, 0.6) is 0 Å². The average Bonchev–Trinajstić information content (AvgIpc) is 2.78. The Hall–Kier alpha value is -0.460. The minimum atomic E-state index is -3.37. The Morgan fingerprint density at radius 3 is 2.50 bits per heavy atom. The first-order chi connectivity index (χ1) is 8.54. The molecule has 0 unspecified atom stereocenters. The Morgan fingerprint density at radius 2 is 2.00 bits per heavy atom. The minimum absolute atomic E-state index is 0.360. The van der Waals surface area contributed by atoms with E-state index in [9.17, 15) is 8.42 Å². The summed E-state index contributed by atoms with van der Waals surface area (Å²) in [5.74, 6) is 0. The molecule has 1 aliphatic heterocycles. The van der Waals surface area contributed by atoms with Gasteiger partial charge in [-0.05, 0) is 28.1 Å². The number of rotatable bonds is 3. The van der Waals surface area contributed by atoms with Gasteiger partial charge in [-0.25, -0.2) is 8.42 Å². The molecule has 0 saturated carbocycles. The highest BCUT2D eigenvalue weighted by molar-refractivity contribution is 9.11. The third-order valence-electron chi connectivity index (χ3n) is 2.77. The van der Waals surface area contributed by atoms with Gasteiger partial charge in [0.1, 0.15) is 4.21 Å². The molecule has 1 aromatic heterocycles. The van der Waals surface area contributed by atoms with E-state index in [1.165, 1.54) is 15.6 Å². The fourth-order valence-electron chi connectivity index (χ4n) is 1.79. The Morgan fingerprint density at radius 1 is 1.33 bits per heavy atom. The van der Waals surface area contributed by atoms with Crippen molar-refractivity contribution >= 4 is 37.3 Å². The topological polar surface area (TPSA) is 64.4 Å². The number of hydrogen-bond donors (Lipinski definition) is 0. The van der Waals surface area contributed by atoms with Crippen LogP contribution >= 0.6 is 27.3 Å². The van der Waals surface area contributed by atoms with Crippen molar-refractivity contribution in [3.05, 3.63) is 15.9 Å². The summed E-state index contributed by atoms with van der Waals surface area (Å²) in [7, 11) is -3.37. The number of halogens is 1. The summed E-state index contributed by atoms with van der Waals surface area (Å²) in [4.78, 5) is 1.95. The number of thiophene rings is 1. The zero-order valence-electron chi connectivity index (χ0n) is 9.54. The summed E-state index contributed by atoms with van der Waals surface area (Å²) in [5.41, 5.74) is 0. The predicted molar refractivity (Wildman–Crippen MR) is 72.8 cm³/mol. The molecule has 0 N–H and O–H groups in total. The van der Waals surface area contributed by atoms with Crippen molar-refractivity contribution < 1.29 is 8.42 Å². The van der Waals surface area contributed by atoms with Crippen LogP contribution in [0.4, 0.5) is 0 Å². The largest absolute Gasteiger partial charge is 0.288 e. The summed E-state index contributed by atoms with van der Waals surface area (Å²) in [6.45, 7) is 2.47. The van der Waals surface area contributed by atoms with Gasteiger partial charge < -0.3 is 0 Å². The van der Waals surface area contributed by atoms with Crippen LogP contribution in [0.25, 0.3) is 0 Å². The summed E-state index contributed by atoms with van der Waals surface area (Å²) < 4.78 is 27.3. The van der Waals surface area contributed by atoms with Crippen molar-refractivity contribution in [1.29, 1.82) is 5.26 Å². The summed E-state index contributed by atoms with van der Waals surface area (Å²) in [6, 6.07) is 5.44. The van der Waals surface area contributed by atoms with E-state index >= 15 is 0 Å². The minimum Gasteiger partial charge on any atom is -0.288 e. The highest BCUT2D eigenvalue weighted by Crippen LogP contribution is 2.28. The molecule has 8 heteroatoms. The third kappa shape index (κ3) is 2.92. The first-order valence-corrected chi connectivity index (χ1v) is 8.44. The lowest BCUT2D eigenvalue weighted by molar-refractivity contribution is 0.206. The number of sulfonamides is 1. The van der Waals surface area contributed by atoms with Crippen LogP contribution in [0, 0.1) is 11.3 Å². The number of nitrogens with zero attached hydrogens (tertiary/aromatic N) is 3. The van der Waals surface area contributed by atoms with Gasteiger partial charge in [-0.3, -0.25) is 4.90 Å². The van der Waals surface area contributed by atoms with Gasteiger partial charge in [-0.2, -0.15) is 9.57 Å². The highest BCUT2D eigenvalue weighted by atomic mass is 79.9. The van der Waals surface area contributed by atoms with E-state index in [1.54, 1.807) is 12.1 Å². The average molecular weight is 350 g/mol. The molecule has 1 saturated heterocycles. The maximum absolute atomic E-state index is 12.3. The number of hydrogen-bond acceptors (Lipinski definition) is 5. The fraction of sp³-hybridized carbons (Fsp3) is 0.500. The van der Waals surface area contributed by atoms with Gasteiger partial charge in [0.05, 0.1) is 16.4 Å². The standard InChI is InChI=1S/C10H12BrN3O2S2/c11-9-1-2-10(17-9)18(15,16)14-7-5-13(4-3-12)6-8-14/h1-2H,4-8H2. The predicted octanol–water partition coefficient (Wildman–Crippen LogP) is 1.34. The van der Waals surface area contributed by atoms with E-state index < -0.39 is 10.0 Å². The van der Waals surface area contributed by atoms with E-state index in [-0.39, 0.29) is 0 Å². The first-order valence-electron chi connectivity index (χ1n) is 5.39. The van der Waals surface area contributed by atoms with Crippen molar-refractivity contribution in [2.45, 2.75) is 4.21 Å². The van der Waals surface area contributed by atoms with Crippen LogP contribution < -0.4 is 0 Å². The van der Waals surface area contributed by atoms with E-state index in [4.69, 9.17) is 5.26 Å². The zero-order valence-corrected chi connectivity index (χ0v) is 12.8. The van der Waals surface area contributed by atoms with Gasteiger partial charge in [0.2, 0.25) is 0 Å². The highest BCUT2D eigenvalue weighted by Gasteiger charge is 2.29. The second kappa shape index (κ2) is 5.67. The van der Waals surface area contributed by atoms with E-state index in [2.05, 4.69) is 22.0 Å². The van der Waals surface area contributed by atoms with Crippen molar-refractivity contribution in [2.24, 2.45) is 0 Å². The van der Waals surface area contributed by atoms with Crippen LogP contribution in [0.1, 0.15) is 0 Å². The van der Waals surface area contributed by atoms with Crippen LogP contribution in [-0.2, 0) is 10.0 Å². The molecule has 0 aliphatic carbocycles. The molecule has 0 atom stereocenters. The molecule has 0 amide bonds. The molecule has 0 spiro atoms. The quantitative estimate of drug-likeness (QED) is 0.772. The summed E-state index contributed by atoms with van der Waals surface area (Å²) >= 11 is 4.49. The van der Waals surface area contributed by atoms with E-state index in [0.29, 0.717) is 36.9 Å². The zero-order chi connectivity index (χ0) is 13.2. The molecule has 1 fully saturated rings. The van der Waals surface area contributed by atoms with Crippen molar-refractivity contribution in [2.75, 3.05) is 32.7 Å². The fourth-order valence-corrected chi connectivity index (χ4v) is 5.38. The molecule has 98 valence electrons. The second-order valence-electron chi connectivity index (χ2n) is 3.90. The van der Waals surface area contributed by atoms with Gasteiger partial charge in [0, 0.05) is 26.2 Å². The molecule has 18 heavy (non-hydrogen) atoms. The normalized spacial score (nSPS) is 18.7. The van der Waals surface area contributed by atoms with E-state index in [0.717, 1.165) is 3.79 Å². The van der Waals surface area contributed by atoms with Gasteiger partial charge in [0.25, 0.3) is 10.0 Å². The molecule has 0 bridgehead atoms. The van der Waals surface area contributed by atoms with Crippen LogP contribution in [-0.4, -0.2) is 50.3 Å². The second-order valence-corrected chi connectivity index (χ2v) is 8.52. The van der Waals surface area contributed by atoms with Crippen molar-refractivity contribution in [1.82, 2.24) is 9.21 Å². The van der Waals surface area contributed by atoms with E-state index in [1.807, 2.05) is 4.90 Å². The molecule has 0 radical (unpaired) electrons. The van der Waals surface area contributed by atoms with Gasteiger partial charge in [-0.15, -0.1) is 11.3 Å². The smallest absolute Gasteiger partial charge is 0.252 e.